The minimum atomic E-state index is 0.0869. The lowest BCUT2D eigenvalue weighted by molar-refractivity contribution is 0.0258. The van der Waals surface area contributed by atoms with Crippen LogP contribution < -0.4 is 0 Å². The molecule has 1 aromatic carbocycles. The van der Waals surface area contributed by atoms with Crippen LogP contribution in [0.2, 0.25) is 5.02 Å². The van der Waals surface area contributed by atoms with Gasteiger partial charge in [0.05, 0.1) is 5.02 Å². The zero-order chi connectivity index (χ0) is 14.8. The first-order chi connectivity index (χ1) is 10.7. The number of fused-ring (bicyclic) bond motifs is 3. The van der Waals surface area contributed by atoms with Gasteiger partial charge in [0.25, 0.3) is 5.91 Å². The minimum Gasteiger partial charge on any atom is -0.328 e. The SMILES string of the molecule is O=C(c1[nH]nc2c(Cl)cccc12)N1[C@@H]2C[C@H]3CCN(C2)C[C@H]31. The summed E-state index contributed by atoms with van der Waals surface area (Å²) in [6.45, 7) is 3.24. The van der Waals surface area contributed by atoms with Crippen LogP contribution in [0.15, 0.2) is 18.2 Å². The highest BCUT2D eigenvalue weighted by atomic mass is 35.5. The molecule has 3 aliphatic heterocycles. The lowest BCUT2D eigenvalue weighted by atomic mass is 9.93. The fraction of sp³-hybridized carbons (Fsp3) is 0.500. The molecule has 114 valence electrons. The third kappa shape index (κ3) is 1.64. The summed E-state index contributed by atoms with van der Waals surface area (Å²) in [5.41, 5.74) is 1.27. The Morgan fingerprint density at radius 2 is 2.27 bits per heavy atom. The second kappa shape index (κ2) is 4.46. The van der Waals surface area contributed by atoms with Gasteiger partial charge in [-0.2, -0.15) is 5.10 Å². The first-order valence-electron chi connectivity index (χ1n) is 7.90. The maximum absolute atomic E-state index is 13.1. The lowest BCUT2D eigenvalue weighted by Gasteiger charge is -2.44. The zero-order valence-corrected chi connectivity index (χ0v) is 12.9. The van der Waals surface area contributed by atoms with Gasteiger partial charge in [-0.15, -0.1) is 0 Å². The van der Waals surface area contributed by atoms with Crippen molar-refractivity contribution in [3.05, 3.63) is 28.9 Å². The molecule has 1 amide bonds. The molecule has 3 fully saturated rings. The van der Waals surface area contributed by atoms with Gasteiger partial charge >= 0.3 is 0 Å². The number of hydrogen-bond acceptors (Lipinski definition) is 3. The molecule has 6 heteroatoms. The van der Waals surface area contributed by atoms with E-state index in [1.165, 1.54) is 13.0 Å². The molecule has 3 saturated heterocycles. The molecule has 22 heavy (non-hydrogen) atoms. The van der Waals surface area contributed by atoms with Crippen molar-refractivity contribution in [1.82, 2.24) is 20.0 Å². The number of para-hydroxylation sites is 1. The van der Waals surface area contributed by atoms with Gasteiger partial charge in [0.2, 0.25) is 0 Å². The molecule has 5 nitrogen and oxygen atoms in total. The van der Waals surface area contributed by atoms with E-state index in [1.807, 2.05) is 12.1 Å². The molecular weight excluding hydrogens is 300 g/mol. The Morgan fingerprint density at radius 1 is 1.36 bits per heavy atom. The van der Waals surface area contributed by atoms with E-state index >= 15 is 0 Å². The number of H-pyrrole nitrogens is 1. The van der Waals surface area contributed by atoms with Crippen LogP contribution in [0.25, 0.3) is 10.9 Å². The highest BCUT2D eigenvalue weighted by Crippen LogP contribution is 2.41. The predicted molar refractivity (Wildman–Crippen MR) is 84.0 cm³/mol. The van der Waals surface area contributed by atoms with Gasteiger partial charge in [0.1, 0.15) is 11.2 Å². The number of amides is 1. The summed E-state index contributed by atoms with van der Waals surface area (Å²) >= 11 is 6.17. The predicted octanol–water partition coefficient (Wildman–Crippen LogP) is 2.13. The van der Waals surface area contributed by atoms with Crippen LogP contribution in [-0.2, 0) is 0 Å². The second-order valence-electron chi connectivity index (χ2n) is 6.71. The van der Waals surface area contributed by atoms with E-state index < -0.39 is 0 Å². The summed E-state index contributed by atoms with van der Waals surface area (Å²) in [4.78, 5) is 17.7. The van der Waals surface area contributed by atoms with E-state index in [0.717, 1.165) is 24.9 Å². The highest BCUT2D eigenvalue weighted by molar-refractivity contribution is 6.35. The molecule has 0 radical (unpaired) electrons. The van der Waals surface area contributed by atoms with Gasteiger partial charge in [0.15, 0.2) is 0 Å². The fourth-order valence-electron chi connectivity index (χ4n) is 4.61. The summed E-state index contributed by atoms with van der Waals surface area (Å²) in [6, 6.07) is 6.32. The number of piperidine rings is 1. The number of nitrogens with one attached hydrogen (secondary N) is 1. The molecule has 1 N–H and O–H groups in total. The molecular formula is C16H17ClN4O. The van der Waals surface area contributed by atoms with E-state index in [9.17, 15) is 4.79 Å². The van der Waals surface area contributed by atoms with Crippen LogP contribution in [-0.4, -0.2) is 57.6 Å². The van der Waals surface area contributed by atoms with E-state index in [4.69, 9.17) is 11.6 Å². The van der Waals surface area contributed by atoms with E-state index in [-0.39, 0.29) is 5.91 Å². The maximum atomic E-state index is 13.1. The van der Waals surface area contributed by atoms with Crippen molar-refractivity contribution in [1.29, 1.82) is 0 Å². The highest BCUT2D eigenvalue weighted by Gasteiger charge is 2.51. The Labute approximate surface area is 133 Å². The molecule has 5 rings (SSSR count). The first kappa shape index (κ1) is 12.9. The van der Waals surface area contributed by atoms with Crippen molar-refractivity contribution in [3.63, 3.8) is 0 Å². The first-order valence-corrected chi connectivity index (χ1v) is 8.28. The molecule has 0 aliphatic carbocycles. The van der Waals surface area contributed by atoms with Gasteiger partial charge in [0, 0.05) is 30.6 Å². The summed E-state index contributed by atoms with van der Waals surface area (Å²) in [6.07, 6.45) is 2.38. The molecule has 1 unspecified atom stereocenters. The van der Waals surface area contributed by atoms with Crippen LogP contribution in [0.4, 0.5) is 0 Å². The van der Waals surface area contributed by atoms with Crippen molar-refractivity contribution in [3.8, 4) is 0 Å². The van der Waals surface area contributed by atoms with Gasteiger partial charge in [-0.1, -0.05) is 23.7 Å². The topological polar surface area (TPSA) is 52.2 Å². The number of aromatic amines is 1. The van der Waals surface area contributed by atoms with Crippen LogP contribution in [0.1, 0.15) is 23.3 Å². The van der Waals surface area contributed by atoms with E-state index in [0.29, 0.717) is 34.2 Å². The van der Waals surface area contributed by atoms with Crippen molar-refractivity contribution < 1.29 is 4.79 Å². The Bertz CT molecular complexity index is 769. The van der Waals surface area contributed by atoms with E-state index in [2.05, 4.69) is 20.0 Å². The number of carbonyl (C=O) groups is 1. The Hall–Kier alpha value is -1.59. The van der Waals surface area contributed by atoms with Crippen LogP contribution in [0.5, 0.6) is 0 Å². The summed E-state index contributed by atoms with van der Waals surface area (Å²) in [7, 11) is 0. The molecule has 0 saturated carbocycles. The third-order valence-electron chi connectivity index (χ3n) is 5.58. The Balaban J connectivity index is 1.56. The quantitative estimate of drug-likeness (QED) is 0.877. The maximum Gasteiger partial charge on any atom is 0.273 e. The number of nitrogens with zero attached hydrogens (tertiary/aromatic N) is 3. The average Bonchev–Trinajstić information content (AvgIpc) is 2.98. The van der Waals surface area contributed by atoms with Gasteiger partial charge in [-0.3, -0.25) is 14.8 Å². The number of hydrogen-bond donors (Lipinski definition) is 1. The molecule has 1 aromatic heterocycles. The number of halogens is 1. The number of aromatic nitrogens is 2. The average molecular weight is 317 g/mol. The molecule has 2 aromatic rings. The van der Waals surface area contributed by atoms with Crippen molar-refractivity contribution in [2.45, 2.75) is 24.9 Å². The largest absolute Gasteiger partial charge is 0.328 e. The Kier molecular flexibility index (Phi) is 2.62. The summed E-state index contributed by atoms with van der Waals surface area (Å²) in [5, 5.41) is 8.57. The van der Waals surface area contributed by atoms with Gasteiger partial charge in [-0.05, 0) is 31.4 Å². The molecule has 4 atom stereocenters. The number of carbonyl (C=O) groups excluding carboxylic acids is 1. The standard InChI is InChI=1S/C16H17ClN4O/c17-12-3-1-2-11-14(12)18-19-15(11)16(22)21-10-6-9-4-5-20(7-10)8-13(9)21/h1-3,9-10,13H,4-8H2,(H,18,19)/t9-,10-,13-/m1/s1. The monoisotopic (exact) mass is 316 g/mol. The summed E-state index contributed by atoms with van der Waals surface area (Å²) < 4.78 is 0. The molecule has 0 spiro atoms. The number of rotatable bonds is 1. The van der Waals surface area contributed by atoms with Crippen molar-refractivity contribution >= 4 is 28.4 Å². The fourth-order valence-corrected chi connectivity index (χ4v) is 4.82. The van der Waals surface area contributed by atoms with Crippen molar-refractivity contribution in [2.24, 2.45) is 5.92 Å². The zero-order valence-electron chi connectivity index (χ0n) is 12.1. The third-order valence-corrected chi connectivity index (χ3v) is 5.89. The van der Waals surface area contributed by atoms with Crippen LogP contribution in [0, 0.1) is 5.92 Å². The second-order valence-corrected chi connectivity index (χ2v) is 7.12. The molecule has 4 heterocycles. The van der Waals surface area contributed by atoms with E-state index in [1.54, 1.807) is 6.07 Å². The minimum absolute atomic E-state index is 0.0869. The number of benzene rings is 1. The van der Waals surface area contributed by atoms with Gasteiger partial charge < -0.3 is 4.90 Å². The Morgan fingerprint density at radius 3 is 3.18 bits per heavy atom. The van der Waals surface area contributed by atoms with Crippen LogP contribution in [0.3, 0.4) is 0 Å². The normalized spacial score (nSPS) is 32.9. The smallest absolute Gasteiger partial charge is 0.273 e. The van der Waals surface area contributed by atoms with Crippen LogP contribution >= 0.6 is 11.6 Å². The summed E-state index contributed by atoms with van der Waals surface area (Å²) in [5.74, 6) is 0.759. The lowest BCUT2D eigenvalue weighted by Crippen LogP contribution is -2.58. The van der Waals surface area contributed by atoms with Crippen molar-refractivity contribution in [2.75, 3.05) is 19.6 Å². The molecule has 3 aliphatic rings. The van der Waals surface area contributed by atoms with Gasteiger partial charge in [-0.25, -0.2) is 0 Å². The molecule has 3 bridgehead atoms. The number of piperazine rings is 1.